The van der Waals surface area contributed by atoms with Crippen molar-refractivity contribution in [3.8, 4) is 0 Å². The maximum atomic E-state index is 13.1. The van der Waals surface area contributed by atoms with Crippen molar-refractivity contribution in [1.29, 1.82) is 0 Å². The minimum atomic E-state index is -0.120. The van der Waals surface area contributed by atoms with Gasteiger partial charge in [0, 0.05) is 0 Å². The molecule has 3 rings (SSSR count). The van der Waals surface area contributed by atoms with Crippen molar-refractivity contribution >= 4 is 0 Å². The molecular weight excluding hydrogens is 374 g/mol. The Bertz CT molecular complexity index is 590. The Hall–Kier alpha value is -1.18. The largest absolute Gasteiger partial charge is 0.216 e. The second-order valence-corrected chi connectivity index (χ2v) is 10.1. The van der Waals surface area contributed by atoms with E-state index in [0.29, 0.717) is 12.2 Å². The summed E-state index contributed by atoms with van der Waals surface area (Å²) in [4.78, 5) is 0. The number of hydrogen-bond acceptors (Lipinski definition) is 0. The van der Waals surface area contributed by atoms with Gasteiger partial charge >= 0.3 is 0 Å². The SMILES string of the molecule is FC=CCCCCCC[C@H]1CC[C@H](CC[C@H]2CC[C@H](c3ccc(F)cc3)CC2)CC1. The highest BCUT2D eigenvalue weighted by Gasteiger charge is 2.25. The van der Waals surface area contributed by atoms with Crippen LogP contribution in [0.25, 0.3) is 0 Å². The molecule has 0 bridgehead atoms. The molecule has 0 aromatic heterocycles. The molecule has 0 amide bonds. The van der Waals surface area contributed by atoms with E-state index < -0.39 is 0 Å². The third-order valence-electron chi connectivity index (χ3n) is 7.96. The van der Waals surface area contributed by atoms with Crippen LogP contribution in [0.5, 0.6) is 0 Å². The van der Waals surface area contributed by atoms with Crippen LogP contribution in [0.3, 0.4) is 0 Å². The molecule has 1 aromatic rings. The van der Waals surface area contributed by atoms with Crippen LogP contribution >= 0.6 is 0 Å². The number of allylic oxidation sites excluding steroid dienone is 1. The summed E-state index contributed by atoms with van der Waals surface area (Å²) < 4.78 is 25.0. The first-order valence-electron chi connectivity index (χ1n) is 12.7. The molecule has 0 radical (unpaired) electrons. The van der Waals surface area contributed by atoms with Crippen molar-refractivity contribution in [1.82, 2.24) is 0 Å². The van der Waals surface area contributed by atoms with Crippen molar-refractivity contribution in [3.63, 3.8) is 0 Å². The molecule has 2 saturated carbocycles. The second kappa shape index (κ2) is 13.3. The van der Waals surface area contributed by atoms with Crippen molar-refractivity contribution in [2.75, 3.05) is 0 Å². The lowest BCUT2D eigenvalue weighted by atomic mass is 9.74. The van der Waals surface area contributed by atoms with Crippen LogP contribution in [0.15, 0.2) is 36.7 Å². The Kier molecular flexibility index (Phi) is 10.4. The zero-order valence-electron chi connectivity index (χ0n) is 18.8. The Morgan fingerprint density at radius 2 is 1.20 bits per heavy atom. The van der Waals surface area contributed by atoms with E-state index in [1.165, 1.54) is 95.5 Å². The molecule has 168 valence electrons. The average Bonchev–Trinajstić information content (AvgIpc) is 2.79. The fourth-order valence-corrected chi connectivity index (χ4v) is 5.91. The number of unbranched alkanes of at least 4 members (excludes halogenated alkanes) is 4. The summed E-state index contributed by atoms with van der Waals surface area (Å²) in [5.74, 6) is 3.40. The molecule has 0 unspecified atom stereocenters. The van der Waals surface area contributed by atoms with Gasteiger partial charge in [-0.25, -0.2) is 8.78 Å². The van der Waals surface area contributed by atoms with Gasteiger partial charge in [-0.2, -0.15) is 0 Å². The molecule has 0 nitrogen and oxygen atoms in total. The maximum Gasteiger partial charge on any atom is 0.123 e. The van der Waals surface area contributed by atoms with Gasteiger partial charge in [0.05, 0.1) is 6.33 Å². The predicted molar refractivity (Wildman–Crippen MR) is 124 cm³/mol. The molecular formula is C28H42F2. The third kappa shape index (κ3) is 8.16. The summed E-state index contributed by atoms with van der Waals surface area (Å²) >= 11 is 0. The van der Waals surface area contributed by atoms with Crippen molar-refractivity contribution in [2.45, 2.75) is 109 Å². The Morgan fingerprint density at radius 1 is 0.667 bits per heavy atom. The summed E-state index contributed by atoms with van der Waals surface area (Å²) in [6, 6.07) is 7.21. The lowest BCUT2D eigenvalue weighted by Crippen LogP contribution is -2.17. The lowest BCUT2D eigenvalue weighted by molar-refractivity contribution is 0.222. The van der Waals surface area contributed by atoms with E-state index in [0.717, 1.165) is 30.6 Å². The summed E-state index contributed by atoms with van der Waals surface area (Å²) in [5.41, 5.74) is 1.34. The minimum absolute atomic E-state index is 0.120. The van der Waals surface area contributed by atoms with Gasteiger partial charge in [0.15, 0.2) is 0 Å². The standard InChI is InChI=1S/C28H42F2/c29-22-6-4-2-1-3-5-7-23-8-10-24(11-9-23)12-13-25-14-16-26(17-15-25)27-18-20-28(30)21-19-27/h6,18-26H,1-5,7-17H2/t23-,24-,25-,26-. The van der Waals surface area contributed by atoms with E-state index in [-0.39, 0.29) is 5.82 Å². The fourth-order valence-electron chi connectivity index (χ4n) is 5.91. The highest BCUT2D eigenvalue weighted by Crippen LogP contribution is 2.40. The summed E-state index contributed by atoms with van der Waals surface area (Å²) in [6.45, 7) is 0. The van der Waals surface area contributed by atoms with Crippen molar-refractivity contribution in [2.24, 2.45) is 17.8 Å². The monoisotopic (exact) mass is 416 g/mol. The molecule has 0 aliphatic heterocycles. The van der Waals surface area contributed by atoms with Gasteiger partial charge in [0.2, 0.25) is 0 Å². The van der Waals surface area contributed by atoms with Crippen LogP contribution in [0.1, 0.15) is 114 Å². The Labute approximate surface area is 183 Å². The number of halogens is 2. The van der Waals surface area contributed by atoms with Crippen LogP contribution in [0.2, 0.25) is 0 Å². The predicted octanol–water partition coefficient (Wildman–Crippen LogP) is 9.51. The first kappa shape index (κ1) is 23.5. The van der Waals surface area contributed by atoms with Gasteiger partial charge < -0.3 is 0 Å². The van der Waals surface area contributed by atoms with Crippen LogP contribution < -0.4 is 0 Å². The normalized spacial score (nSPS) is 27.5. The molecule has 0 saturated heterocycles. The van der Waals surface area contributed by atoms with E-state index in [9.17, 15) is 8.78 Å². The molecule has 2 fully saturated rings. The molecule has 2 aliphatic rings. The van der Waals surface area contributed by atoms with Gasteiger partial charge in [-0.15, -0.1) is 0 Å². The first-order chi connectivity index (χ1) is 14.7. The number of benzene rings is 1. The molecule has 0 atom stereocenters. The zero-order chi connectivity index (χ0) is 21.0. The summed E-state index contributed by atoms with van der Waals surface area (Å²) in [5, 5.41) is 0. The molecule has 0 heterocycles. The first-order valence-corrected chi connectivity index (χ1v) is 12.7. The van der Waals surface area contributed by atoms with Gasteiger partial charge in [0.25, 0.3) is 0 Å². The van der Waals surface area contributed by atoms with Crippen LogP contribution in [0.4, 0.5) is 8.78 Å². The Morgan fingerprint density at radius 3 is 1.80 bits per heavy atom. The maximum absolute atomic E-state index is 13.1. The number of hydrogen-bond donors (Lipinski definition) is 0. The molecule has 0 spiro atoms. The van der Waals surface area contributed by atoms with E-state index >= 15 is 0 Å². The van der Waals surface area contributed by atoms with Gasteiger partial charge in [-0.3, -0.25) is 0 Å². The molecule has 2 heteroatoms. The smallest absolute Gasteiger partial charge is 0.123 e. The van der Waals surface area contributed by atoms with E-state index in [2.05, 4.69) is 0 Å². The fraction of sp³-hybridized carbons (Fsp3) is 0.714. The van der Waals surface area contributed by atoms with Crippen molar-refractivity contribution < 1.29 is 8.78 Å². The van der Waals surface area contributed by atoms with Crippen LogP contribution in [-0.2, 0) is 0 Å². The lowest BCUT2D eigenvalue weighted by Gasteiger charge is -2.32. The quantitative estimate of drug-likeness (QED) is 0.315. The van der Waals surface area contributed by atoms with Gasteiger partial charge in [0.1, 0.15) is 5.82 Å². The molecule has 0 N–H and O–H groups in total. The summed E-state index contributed by atoms with van der Waals surface area (Å²) in [6.07, 6.45) is 23.7. The van der Waals surface area contributed by atoms with Crippen LogP contribution in [0, 0.1) is 23.6 Å². The number of rotatable bonds is 11. The molecule has 1 aromatic carbocycles. The minimum Gasteiger partial charge on any atom is -0.216 e. The molecule has 2 aliphatic carbocycles. The second-order valence-electron chi connectivity index (χ2n) is 10.1. The van der Waals surface area contributed by atoms with Gasteiger partial charge in [-0.05, 0) is 79.9 Å². The van der Waals surface area contributed by atoms with E-state index in [4.69, 9.17) is 0 Å². The van der Waals surface area contributed by atoms with Crippen LogP contribution in [-0.4, -0.2) is 0 Å². The average molecular weight is 417 g/mol. The summed E-state index contributed by atoms with van der Waals surface area (Å²) in [7, 11) is 0. The zero-order valence-corrected chi connectivity index (χ0v) is 18.8. The molecule has 30 heavy (non-hydrogen) atoms. The Balaban J connectivity index is 1.22. The van der Waals surface area contributed by atoms with E-state index in [1.54, 1.807) is 18.2 Å². The topological polar surface area (TPSA) is 0 Å². The highest BCUT2D eigenvalue weighted by molar-refractivity contribution is 5.20. The van der Waals surface area contributed by atoms with E-state index in [1.807, 2.05) is 12.1 Å². The van der Waals surface area contributed by atoms with Crippen molar-refractivity contribution in [3.05, 3.63) is 48.1 Å². The third-order valence-corrected chi connectivity index (χ3v) is 7.96. The highest BCUT2D eigenvalue weighted by atomic mass is 19.1. The van der Waals surface area contributed by atoms with Gasteiger partial charge in [-0.1, -0.05) is 82.4 Å².